The molecule has 1 saturated carbocycles. The van der Waals surface area contributed by atoms with Crippen LogP contribution >= 0.6 is 0 Å². The third-order valence-corrected chi connectivity index (χ3v) is 3.93. The summed E-state index contributed by atoms with van der Waals surface area (Å²) in [5.41, 5.74) is 1.05. The molecule has 4 nitrogen and oxygen atoms in total. The Hall–Kier alpha value is -1.84. The van der Waals surface area contributed by atoms with Crippen molar-refractivity contribution < 1.29 is 9.59 Å². The highest BCUT2D eigenvalue weighted by Gasteiger charge is 2.23. The summed E-state index contributed by atoms with van der Waals surface area (Å²) in [6.45, 7) is 1.45. The van der Waals surface area contributed by atoms with E-state index in [-0.39, 0.29) is 17.9 Å². The minimum absolute atomic E-state index is 0.0686. The fraction of sp³-hybridized carbons (Fsp3) is 0.529. The highest BCUT2D eigenvalue weighted by molar-refractivity contribution is 5.87. The van der Waals surface area contributed by atoms with Gasteiger partial charge in [-0.1, -0.05) is 49.6 Å². The summed E-state index contributed by atoms with van der Waals surface area (Å²) in [5, 5.41) is 5.86. The molecule has 1 fully saturated rings. The molecule has 0 radical (unpaired) electrons. The molecule has 0 unspecified atom stereocenters. The van der Waals surface area contributed by atoms with Gasteiger partial charge in [0.15, 0.2) is 0 Å². The number of carbonyl (C=O) groups is 2. The average molecular weight is 288 g/mol. The van der Waals surface area contributed by atoms with Crippen LogP contribution in [0.4, 0.5) is 0 Å². The fourth-order valence-corrected chi connectivity index (χ4v) is 2.85. The van der Waals surface area contributed by atoms with Gasteiger partial charge in [0.25, 0.3) is 0 Å². The quantitative estimate of drug-likeness (QED) is 0.872. The fourth-order valence-electron chi connectivity index (χ4n) is 2.85. The third-order valence-electron chi connectivity index (χ3n) is 3.93. The van der Waals surface area contributed by atoms with Crippen LogP contribution in [0, 0.1) is 0 Å². The molecule has 1 atom stereocenters. The molecule has 1 aromatic carbocycles. The van der Waals surface area contributed by atoms with Crippen LogP contribution in [0.25, 0.3) is 0 Å². The van der Waals surface area contributed by atoms with E-state index in [0.717, 1.165) is 18.4 Å². The first-order valence-electron chi connectivity index (χ1n) is 7.76. The van der Waals surface area contributed by atoms with Crippen molar-refractivity contribution in [2.24, 2.45) is 0 Å². The maximum Gasteiger partial charge on any atom is 0.243 e. The normalized spacial score (nSPS) is 17.0. The first-order chi connectivity index (χ1) is 10.1. The van der Waals surface area contributed by atoms with Crippen molar-refractivity contribution in [2.45, 2.75) is 57.5 Å². The zero-order valence-electron chi connectivity index (χ0n) is 12.6. The van der Waals surface area contributed by atoms with E-state index in [1.54, 1.807) is 0 Å². The first kappa shape index (κ1) is 15.5. The molecule has 1 aliphatic rings. The van der Waals surface area contributed by atoms with Gasteiger partial charge in [0.05, 0.1) is 0 Å². The molecular formula is C17H24N2O2. The van der Waals surface area contributed by atoms with Gasteiger partial charge in [-0.15, -0.1) is 0 Å². The molecule has 4 heteroatoms. The van der Waals surface area contributed by atoms with Crippen LogP contribution in [0.2, 0.25) is 0 Å². The van der Waals surface area contributed by atoms with E-state index in [4.69, 9.17) is 0 Å². The Balaban J connectivity index is 1.97. The van der Waals surface area contributed by atoms with Crippen LogP contribution in [0.15, 0.2) is 30.3 Å². The Labute approximate surface area is 126 Å². The van der Waals surface area contributed by atoms with Crippen LogP contribution < -0.4 is 10.6 Å². The van der Waals surface area contributed by atoms with Crippen molar-refractivity contribution >= 4 is 11.8 Å². The predicted octanol–water partition coefficient (Wildman–Crippen LogP) is 2.18. The van der Waals surface area contributed by atoms with Gasteiger partial charge in [0.2, 0.25) is 11.8 Å². The summed E-state index contributed by atoms with van der Waals surface area (Å²) in [4.78, 5) is 23.8. The van der Waals surface area contributed by atoms with Gasteiger partial charge in [-0.25, -0.2) is 0 Å². The lowest BCUT2D eigenvalue weighted by Crippen LogP contribution is -2.50. The van der Waals surface area contributed by atoms with Crippen molar-refractivity contribution in [3.8, 4) is 0 Å². The summed E-state index contributed by atoms with van der Waals surface area (Å²) in [6.07, 6.45) is 6.22. The van der Waals surface area contributed by atoms with E-state index in [2.05, 4.69) is 10.6 Å². The minimum atomic E-state index is -0.494. The lowest BCUT2D eigenvalue weighted by molar-refractivity contribution is -0.128. The summed E-state index contributed by atoms with van der Waals surface area (Å²) in [5.74, 6) is -0.240. The molecule has 2 N–H and O–H groups in total. The molecular weight excluding hydrogens is 264 g/mol. The molecule has 0 heterocycles. The van der Waals surface area contributed by atoms with Crippen LogP contribution in [-0.4, -0.2) is 23.9 Å². The van der Waals surface area contributed by atoms with Crippen LogP contribution in [0.1, 0.15) is 44.6 Å². The zero-order valence-corrected chi connectivity index (χ0v) is 12.6. The third kappa shape index (κ3) is 5.21. The number of hydrogen-bond donors (Lipinski definition) is 2. The molecule has 2 rings (SSSR count). The van der Waals surface area contributed by atoms with Gasteiger partial charge in [-0.2, -0.15) is 0 Å². The monoisotopic (exact) mass is 288 g/mol. The second kappa shape index (κ2) is 7.81. The number of hydrogen-bond acceptors (Lipinski definition) is 2. The standard InChI is InChI=1S/C17H24N2O2/c1-13(20)18-16(12-14-8-4-2-5-9-14)17(21)19-15-10-6-3-7-11-15/h2,4-5,8-9,15-16H,3,6-7,10-12H2,1H3,(H,18,20)(H,19,21)/t16-/m0/s1. The lowest BCUT2D eigenvalue weighted by atomic mass is 9.95. The van der Waals surface area contributed by atoms with Crippen molar-refractivity contribution in [1.29, 1.82) is 0 Å². The van der Waals surface area contributed by atoms with Gasteiger partial charge in [0, 0.05) is 19.4 Å². The molecule has 2 amide bonds. The maximum absolute atomic E-state index is 12.4. The Morgan fingerprint density at radius 1 is 1.14 bits per heavy atom. The molecule has 114 valence electrons. The lowest BCUT2D eigenvalue weighted by Gasteiger charge is -2.26. The number of benzene rings is 1. The van der Waals surface area contributed by atoms with Gasteiger partial charge >= 0.3 is 0 Å². The average Bonchev–Trinajstić information content (AvgIpc) is 2.48. The predicted molar refractivity (Wildman–Crippen MR) is 82.8 cm³/mol. The summed E-state index contributed by atoms with van der Waals surface area (Å²) in [7, 11) is 0. The number of carbonyl (C=O) groups excluding carboxylic acids is 2. The molecule has 1 aromatic rings. The number of nitrogens with one attached hydrogen (secondary N) is 2. The molecule has 1 aliphatic carbocycles. The van der Waals surface area contributed by atoms with E-state index in [9.17, 15) is 9.59 Å². The van der Waals surface area contributed by atoms with Gasteiger partial charge < -0.3 is 10.6 Å². The molecule has 0 aromatic heterocycles. The van der Waals surface area contributed by atoms with E-state index in [0.29, 0.717) is 6.42 Å². The first-order valence-corrected chi connectivity index (χ1v) is 7.76. The Bertz CT molecular complexity index is 467. The zero-order chi connectivity index (χ0) is 15.1. The second-order valence-electron chi connectivity index (χ2n) is 5.79. The van der Waals surface area contributed by atoms with Crippen molar-refractivity contribution in [3.63, 3.8) is 0 Å². The highest BCUT2D eigenvalue weighted by atomic mass is 16.2. The SMILES string of the molecule is CC(=O)N[C@@H](Cc1ccccc1)C(=O)NC1CCCCC1. The van der Waals surface area contributed by atoms with Gasteiger partial charge in [0.1, 0.15) is 6.04 Å². The molecule has 0 saturated heterocycles. The summed E-state index contributed by atoms with van der Waals surface area (Å²) < 4.78 is 0. The highest BCUT2D eigenvalue weighted by Crippen LogP contribution is 2.17. The van der Waals surface area contributed by atoms with Gasteiger partial charge in [-0.05, 0) is 18.4 Å². The van der Waals surface area contributed by atoms with E-state index in [1.165, 1.54) is 26.2 Å². The Kier molecular flexibility index (Phi) is 5.78. The smallest absolute Gasteiger partial charge is 0.243 e. The number of amides is 2. The van der Waals surface area contributed by atoms with Crippen molar-refractivity contribution in [3.05, 3.63) is 35.9 Å². The molecule has 0 bridgehead atoms. The molecule has 0 spiro atoms. The van der Waals surface area contributed by atoms with E-state index < -0.39 is 6.04 Å². The van der Waals surface area contributed by atoms with Crippen LogP contribution in [0.3, 0.4) is 0 Å². The Morgan fingerprint density at radius 2 is 1.81 bits per heavy atom. The largest absolute Gasteiger partial charge is 0.352 e. The molecule has 0 aliphatic heterocycles. The second-order valence-corrected chi connectivity index (χ2v) is 5.79. The topological polar surface area (TPSA) is 58.2 Å². The summed E-state index contributed by atoms with van der Waals surface area (Å²) in [6, 6.07) is 9.55. The van der Waals surface area contributed by atoms with Crippen molar-refractivity contribution in [1.82, 2.24) is 10.6 Å². The minimum Gasteiger partial charge on any atom is -0.352 e. The van der Waals surface area contributed by atoms with Gasteiger partial charge in [-0.3, -0.25) is 9.59 Å². The Morgan fingerprint density at radius 3 is 2.43 bits per heavy atom. The maximum atomic E-state index is 12.4. The van der Waals surface area contributed by atoms with Crippen LogP contribution in [0.5, 0.6) is 0 Å². The van der Waals surface area contributed by atoms with E-state index >= 15 is 0 Å². The van der Waals surface area contributed by atoms with E-state index in [1.807, 2.05) is 30.3 Å². The molecule has 21 heavy (non-hydrogen) atoms. The number of rotatable bonds is 5. The van der Waals surface area contributed by atoms with Crippen molar-refractivity contribution in [2.75, 3.05) is 0 Å². The van der Waals surface area contributed by atoms with Crippen LogP contribution in [-0.2, 0) is 16.0 Å². The summed E-state index contributed by atoms with van der Waals surface area (Å²) >= 11 is 0.